The van der Waals surface area contributed by atoms with E-state index in [1.165, 1.54) is 11.6 Å². The number of fused-ring (bicyclic) bond motifs is 1. The van der Waals surface area contributed by atoms with E-state index in [9.17, 15) is 8.78 Å². The molecule has 0 amide bonds. The lowest BCUT2D eigenvalue weighted by Crippen LogP contribution is -2.26. The quantitative estimate of drug-likeness (QED) is 0.676. The van der Waals surface area contributed by atoms with Gasteiger partial charge in [0.2, 0.25) is 0 Å². The molecule has 0 aromatic rings. The Labute approximate surface area is 108 Å². The van der Waals surface area contributed by atoms with Crippen LogP contribution in [0.5, 0.6) is 0 Å². The summed E-state index contributed by atoms with van der Waals surface area (Å²) in [7, 11) is 0. The van der Waals surface area contributed by atoms with Gasteiger partial charge in [-0.25, -0.2) is 4.39 Å². The Morgan fingerprint density at radius 3 is 2.78 bits per heavy atom. The largest absolute Gasteiger partial charge is 0.251 e. The smallest absolute Gasteiger partial charge is 0.119 e. The van der Waals surface area contributed by atoms with E-state index in [1.807, 2.05) is 12.2 Å². The highest BCUT2D eigenvalue weighted by Crippen LogP contribution is 2.57. The molecule has 2 aliphatic rings. The normalized spacial score (nSPS) is 35.4. The van der Waals surface area contributed by atoms with Gasteiger partial charge in [-0.2, -0.15) is 0 Å². The van der Waals surface area contributed by atoms with Crippen LogP contribution in [0, 0.1) is 23.2 Å². The summed E-state index contributed by atoms with van der Waals surface area (Å²) < 4.78 is 26.2. The van der Waals surface area contributed by atoms with Crippen molar-refractivity contribution >= 4 is 0 Å². The number of halogens is 2. The van der Waals surface area contributed by atoms with E-state index < -0.39 is 0 Å². The highest BCUT2D eigenvalue weighted by molar-refractivity contribution is 5.37. The molecule has 0 bridgehead atoms. The van der Waals surface area contributed by atoms with Gasteiger partial charge in [0.1, 0.15) is 5.83 Å². The van der Waals surface area contributed by atoms with Crippen LogP contribution >= 0.6 is 0 Å². The Balaban J connectivity index is 2.45. The average Bonchev–Trinajstić information content (AvgIpc) is 2.52. The molecule has 2 heteroatoms. The van der Waals surface area contributed by atoms with Crippen molar-refractivity contribution in [3.63, 3.8) is 0 Å². The fraction of sp³-hybridized carbons (Fsp3) is 0.500. The second-order valence-electron chi connectivity index (χ2n) is 5.72. The zero-order chi connectivity index (χ0) is 13.3. The van der Waals surface area contributed by atoms with E-state index in [2.05, 4.69) is 20.4 Å². The van der Waals surface area contributed by atoms with Crippen LogP contribution in [0.25, 0.3) is 0 Å². The minimum atomic E-state index is -0.335. The van der Waals surface area contributed by atoms with E-state index in [4.69, 9.17) is 0 Å². The molecule has 0 spiro atoms. The summed E-state index contributed by atoms with van der Waals surface area (Å²) >= 11 is 0. The average molecular weight is 250 g/mol. The Morgan fingerprint density at radius 1 is 1.44 bits per heavy atom. The number of hydrogen-bond donors (Lipinski definition) is 0. The number of alkyl halides is 1. The number of allylic oxidation sites excluding steroid dienone is 7. The first kappa shape index (κ1) is 13.3. The molecule has 0 saturated heterocycles. The third-order valence-corrected chi connectivity index (χ3v) is 4.44. The molecule has 2 rings (SSSR count). The number of rotatable bonds is 3. The molecule has 0 aliphatic heterocycles. The predicted molar refractivity (Wildman–Crippen MR) is 71.5 cm³/mol. The fourth-order valence-electron chi connectivity index (χ4n) is 3.55. The fourth-order valence-corrected chi connectivity index (χ4v) is 3.55. The van der Waals surface area contributed by atoms with Gasteiger partial charge in [-0.15, -0.1) is 0 Å². The van der Waals surface area contributed by atoms with E-state index in [0.29, 0.717) is 6.42 Å². The van der Waals surface area contributed by atoms with E-state index in [-0.39, 0.29) is 35.7 Å². The van der Waals surface area contributed by atoms with Crippen LogP contribution in [0.15, 0.2) is 48.4 Å². The van der Waals surface area contributed by atoms with Gasteiger partial charge in [-0.05, 0) is 35.8 Å². The molecule has 0 aromatic heterocycles. The van der Waals surface area contributed by atoms with Gasteiger partial charge in [0.25, 0.3) is 0 Å². The van der Waals surface area contributed by atoms with E-state index in [0.717, 1.165) is 0 Å². The topological polar surface area (TPSA) is 0 Å². The second kappa shape index (κ2) is 4.83. The summed E-state index contributed by atoms with van der Waals surface area (Å²) in [6, 6.07) is 0. The van der Waals surface area contributed by atoms with Gasteiger partial charge >= 0.3 is 0 Å². The highest BCUT2D eigenvalue weighted by Gasteiger charge is 2.50. The van der Waals surface area contributed by atoms with Crippen molar-refractivity contribution in [2.24, 2.45) is 23.2 Å². The molecule has 18 heavy (non-hydrogen) atoms. The van der Waals surface area contributed by atoms with Gasteiger partial charge in [0, 0.05) is 5.92 Å². The van der Waals surface area contributed by atoms with E-state index >= 15 is 0 Å². The maximum atomic E-state index is 13.5. The first-order valence-corrected chi connectivity index (χ1v) is 6.46. The van der Waals surface area contributed by atoms with Crippen molar-refractivity contribution in [2.75, 3.05) is 6.67 Å². The molecule has 0 N–H and O–H groups in total. The molecular weight excluding hydrogens is 230 g/mol. The molecule has 2 aliphatic carbocycles. The molecule has 0 aromatic carbocycles. The summed E-state index contributed by atoms with van der Waals surface area (Å²) in [6.45, 7) is 7.62. The van der Waals surface area contributed by atoms with Crippen molar-refractivity contribution < 1.29 is 8.78 Å². The highest BCUT2D eigenvalue weighted by atomic mass is 19.1. The van der Waals surface area contributed by atoms with Crippen molar-refractivity contribution in [1.29, 1.82) is 0 Å². The molecule has 0 nitrogen and oxygen atoms in total. The van der Waals surface area contributed by atoms with Gasteiger partial charge in [0.05, 0.1) is 6.67 Å². The summed E-state index contributed by atoms with van der Waals surface area (Å²) in [5, 5.41) is 0. The van der Waals surface area contributed by atoms with Crippen molar-refractivity contribution in [1.82, 2.24) is 0 Å². The first-order chi connectivity index (χ1) is 8.52. The van der Waals surface area contributed by atoms with Crippen LogP contribution in [0.1, 0.15) is 20.3 Å². The van der Waals surface area contributed by atoms with Crippen molar-refractivity contribution in [3.05, 3.63) is 48.4 Å². The molecule has 0 radical (unpaired) electrons. The molecule has 98 valence electrons. The third kappa shape index (κ3) is 1.98. The van der Waals surface area contributed by atoms with E-state index in [1.54, 1.807) is 12.2 Å². The zero-order valence-corrected chi connectivity index (χ0v) is 11.0. The Morgan fingerprint density at radius 2 is 2.17 bits per heavy atom. The molecule has 1 saturated carbocycles. The lowest BCUT2D eigenvalue weighted by molar-refractivity contribution is 0.196. The van der Waals surface area contributed by atoms with Crippen molar-refractivity contribution in [3.8, 4) is 0 Å². The predicted octanol–water partition coefficient (Wildman–Crippen LogP) is 4.77. The van der Waals surface area contributed by atoms with Crippen LogP contribution in [-0.2, 0) is 0 Å². The van der Waals surface area contributed by atoms with Gasteiger partial charge in [-0.1, -0.05) is 44.2 Å². The third-order valence-electron chi connectivity index (χ3n) is 4.44. The Kier molecular flexibility index (Phi) is 3.56. The van der Waals surface area contributed by atoms with Gasteiger partial charge in [0.15, 0.2) is 0 Å². The van der Waals surface area contributed by atoms with Crippen LogP contribution in [0.3, 0.4) is 0 Å². The Hall–Kier alpha value is -1.18. The molecule has 3 unspecified atom stereocenters. The summed E-state index contributed by atoms with van der Waals surface area (Å²) in [5.41, 5.74) is 1.07. The summed E-state index contributed by atoms with van der Waals surface area (Å²) in [6.07, 6.45) is 9.36. The minimum Gasteiger partial charge on any atom is -0.251 e. The lowest BCUT2D eigenvalue weighted by Gasteiger charge is -2.32. The maximum Gasteiger partial charge on any atom is 0.119 e. The SMILES string of the molecule is C=C/C=C1/C2C=CC(F)=CC2C(C)(C)C1CCF. The van der Waals surface area contributed by atoms with Gasteiger partial charge in [-0.3, -0.25) is 4.39 Å². The molecular formula is C16H20F2. The van der Waals surface area contributed by atoms with Crippen LogP contribution < -0.4 is 0 Å². The zero-order valence-electron chi connectivity index (χ0n) is 11.0. The van der Waals surface area contributed by atoms with Crippen LogP contribution in [0.4, 0.5) is 8.78 Å². The minimum absolute atomic E-state index is 0.116. The molecule has 1 fully saturated rings. The van der Waals surface area contributed by atoms with Crippen molar-refractivity contribution in [2.45, 2.75) is 20.3 Å². The lowest BCUT2D eigenvalue weighted by atomic mass is 9.72. The van der Waals surface area contributed by atoms with Gasteiger partial charge < -0.3 is 0 Å². The molecule has 3 atom stereocenters. The standard InChI is InChI=1S/C16H20F2/c1-4-5-12-13-7-6-11(18)10-15(13)16(2,3)14(12)8-9-17/h4-7,10,13-15H,1,8-9H2,2-3H3/b12-5-. The number of hydrogen-bond acceptors (Lipinski definition) is 0. The monoisotopic (exact) mass is 250 g/mol. The Bertz CT molecular complexity index is 426. The van der Waals surface area contributed by atoms with Crippen LogP contribution in [-0.4, -0.2) is 6.67 Å². The summed E-state index contributed by atoms with van der Waals surface area (Å²) in [5.74, 6) is 0.282. The first-order valence-electron chi connectivity index (χ1n) is 6.46. The second-order valence-corrected chi connectivity index (χ2v) is 5.72. The molecule has 0 heterocycles. The maximum absolute atomic E-state index is 13.5. The van der Waals surface area contributed by atoms with Crippen LogP contribution in [0.2, 0.25) is 0 Å². The summed E-state index contributed by atoms with van der Waals surface area (Å²) in [4.78, 5) is 0.